The van der Waals surface area contributed by atoms with Gasteiger partial charge in [0.15, 0.2) is 0 Å². The Balaban J connectivity index is 1.49. The van der Waals surface area contributed by atoms with Gasteiger partial charge in [0, 0.05) is 50.5 Å². The number of carbonyl (C=O) groups is 1. The predicted molar refractivity (Wildman–Crippen MR) is 120 cm³/mol. The van der Waals surface area contributed by atoms with Crippen LogP contribution < -0.4 is 10.2 Å². The molecular formula is C23H28N4O4. The van der Waals surface area contributed by atoms with Crippen LogP contribution in [0.5, 0.6) is 0 Å². The zero-order valence-electron chi connectivity index (χ0n) is 17.6. The van der Waals surface area contributed by atoms with Crippen molar-refractivity contribution in [2.24, 2.45) is 0 Å². The van der Waals surface area contributed by atoms with E-state index in [1.165, 1.54) is 24.1 Å². The standard InChI is InChI=1S/C23H28N4O4/c28-23(24-19-6-4-18(5-7-19)17-25-12-14-31-15-13-25)21-16-20(27(29)30)8-9-22(21)26-10-2-1-3-11-26/h4-9,16H,1-3,10-15,17H2,(H,24,28). The van der Waals surface area contributed by atoms with Gasteiger partial charge in [-0.1, -0.05) is 12.1 Å². The van der Waals surface area contributed by atoms with E-state index in [-0.39, 0.29) is 11.6 Å². The first-order valence-electron chi connectivity index (χ1n) is 10.8. The summed E-state index contributed by atoms with van der Waals surface area (Å²) in [6.07, 6.45) is 3.28. The third kappa shape index (κ3) is 5.39. The molecule has 2 fully saturated rings. The van der Waals surface area contributed by atoms with E-state index < -0.39 is 4.92 Å². The minimum Gasteiger partial charge on any atom is -0.379 e. The number of nitrogens with zero attached hydrogens (tertiary/aromatic N) is 3. The third-order valence-electron chi connectivity index (χ3n) is 5.85. The maximum absolute atomic E-state index is 13.1. The van der Waals surface area contributed by atoms with E-state index in [4.69, 9.17) is 4.74 Å². The highest BCUT2D eigenvalue weighted by atomic mass is 16.6. The van der Waals surface area contributed by atoms with Crippen molar-refractivity contribution in [3.63, 3.8) is 0 Å². The van der Waals surface area contributed by atoms with Gasteiger partial charge < -0.3 is 15.0 Å². The van der Waals surface area contributed by atoms with Crippen molar-refractivity contribution in [2.75, 3.05) is 49.6 Å². The summed E-state index contributed by atoms with van der Waals surface area (Å²) in [5, 5.41) is 14.2. The van der Waals surface area contributed by atoms with E-state index in [1.54, 1.807) is 6.07 Å². The highest BCUT2D eigenvalue weighted by Gasteiger charge is 2.22. The van der Waals surface area contributed by atoms with Gasteiger partial charge in [0.1, 0.15) is 0 Å². The Kier molecular flexibility index (Phi) is 6.79. The molecule has 0 aromatic heterocycles. The number of rotatable bonds is 6. The van der Waals surface area contributed by atoms with Crippen molar-refractivity contribution in [2.45, 2.75) is 25.8 Å². The number of non-ortho nitro benzene ring substituents is 1. The molecule has 0 atom stereocenters. The smallest absolute Gasteiger partial charge is 0.270 e. The van der Waals surface area contributed by atoms with Gasteiger partial charge in [-0.25, -0.2) is 0 Å². The Morgan fingerprint density at radius 3 is 2.39 bits per heavy atom. The molecule has 2 aromatic rings. The summed E-state index contributed by atoms with van der Waals surface area (Å²) in [6, 6.07) is 12.3. The molecule has 1 amide bonds. The number of nitrogens with one attached hydrogen (secondary N) is 1. The zero-order valence-corrected chi connectivity index (χ0v) is 17.6. The van der Waals surface area contributed by atoms with Crippen LogP contribution in [0.2, 0.25) is 0 Å². The number of hydrogen-bond acceptors (Lipinski definition) is 6. The highest BCUT2D eigenvalue weighted by Crippen LogP contribution is 2.29. The van der Waals surface area contributed by atoms with Gasteiger partial charge >= 0.3 is 0 Å². The van der Waals surface area contributed by atoms with E-state index in [9.17, 15) is 14.9 Å². The lowest BCUT2D eigenvalue weighted by atomic mass is 10.1. The molecule has 2 aliphatic heterocycles. The monoisotopic (exact) mass is 424 g/mol. The fourth-order valence-electron chi connectivity index (χ4n) is 4.14. The minimum absolute atomic E-state index is 0.0771. The largest absolute Gasteiger partial charge is 0.379 e. The summed E-state index contributed by atoms with van der Waals surface area (Å²) in [7, 11) is 0. The maximum Gasteiger partial charge on any atom is 0.270 e. The molecule has 8 nitrogen and oxygen atoms in total. The molecule has 2 aromatic carbocycles. The second kappa shape index (κ2) is 9.89. The quantitative estimate of drug-likeness (QED) is 0.562. The highest BCUT2D eigenvalue weighted by molar-refractivity contribution is 6.08. The normalized spacial score (nSPS) is 17.4. The fraction of sp³-hybridized carbons (Fsp3) is 0.435. The number of nitro benzene ring substituents is 1. The lowest BCUT2D eigenvalue weighted by Crippen LogP contribution is -2.35. The van der Waals surface area contributed by atoms with Crippen LogP contribution in [0.15, 0.2) is 42.5 Å². The molecule has 1 N–H and O–H groups in total. The minimum atomic E-state index is -0.461. The summed E-state index contributed by atoms with van der Waals surface area (Å²) >= 11 is 0. The van der Waals surface area contributed by atoms with Crippen LogP contribution in [0, 0.1) is 10.1 Å². The first kappa shape index (κ1) is 21.3. The lowest BCUT2D eigenvalue weighted by Gasteiger charge is -2.30. The lowest BCUT2D eigenvalue weighted by molar-refractivity contribution is -0.384. The molecule has 0 radical (unpaired) electrons. The summed E-state index contributed by atoms with van der Waals surface area (Å²) in [6.45, 7) is 5.92. The number of anilines is 2. The van der Waals surface area contributed by atoms with Crippen LogP contribution in [-0.4, -0.2) is 55.1 Å². The molecule has 0 unspecified atom stereocenters. The maximum atomic E-state index is 13.1. The van der Waals surface area contributed by atoms with Gasteiger partial charge in [-0.05, 0) is 43.0 Å². The molecule has 0 aliphatic carbocycles. The molecule has 2 aliphatic rings. The number of morpholine rings is 1. The predicted octanol–water partition coefficient (Wildman–Crippen LogP) is 3.67. The Morgan fingerprint density at radius 1 is 1.00 bits per heavy atom. The number of carbonyl (C=O) groups excluding carboxylic acids is 1. The molecule has 0 bridgehead atoms. The second-order valence-electron chi connectivity index (χ2n) is 8.05. The molecule has 8 heteroatoms. The van der Waals surface area contributed by atoms with Crippen molar-refractivity contribution >= 4 is 23.0 Å². The average molecular weight is 425 g/mol. The second-order valence-corrected chi connectivity index (χ2v) is 8.05. The van der Waals surface area contributed by atoms with Crippen LogP contribution in [0.25, 0.3) is 0 Å². The Bertz CT molecular complexity index is 920. The van der Waals surface area contributed by atoms with Crippen molar-refractivity contribution in [3.8, 4) is 0 Å². The molecule has 0 saturated carbocycles. The number of amides is 1. The molecular weight excluding hydrogens is 396 g/mol. The molecule has 164 valence electrons. The van der Waals surface area contributed by atoms with E-state index in [0.717, 1.165) is 64.5 Å². The van der Waals surface area contributed by atoms with Crippen LogP contribution in [0.4, 0.5) is 17.1 Å². The SMILES string of the molecule is O=C(Nc1ccc(CN2CCOCC2)cc1)c1cc([N+](=O)[O-])ccc1N1CCCCC1. The molecule has 4 rings (SSSR count). The van der Waals surface area contributed by atoms with E-state index in [1.807, 2.05) is 24.3 Å². The molecule has 31 heavy (non-hydrogen) atoms. The number of ether oxygens (including phenoxy) is 1. The summed E-state index contributed by atoms with van der Waals surface area (Å²) in [4.78, 5) is 28.4. The number of nitro groups is 1. The van der Waals surface area contributed by atoms with Crippen molar-refractivity contribution in [1.29, 1.82) is 0 Å². The van der Waals surface area contributed by atoms with Crippen molar-refractivity contribution in [1.82, 2.24) is 4.90 Å². The fourth-order valence-corrected chi connectivity index (χ4v) is 4.14. The van der Waals surface area contributed by atoms with Crippen LogP contribution in [0.1, 0.15) is 35.2 Å². The van der Waals surface area contributed by atoms with Gasteiger partial charge in [0.2, 0.25) is 0 Å². The van der Waals surface area contributed by atoms with Gasteiger partial charge in [0.25, 0.3) is 11.6 Å². The van der Waals surface area contributed by atoms with E-state index >= 15 is 0 Å². The molecule has 2 heterocycles. The van der Waals surface area contributed by atoms with Gasteiger partial charge in [-0.3, -0.25) is 19.8 Å². The van der Waals surface area contributed by atoms with E-state index in [0.29, 0.717) is 11.3 Å². The van der Waals surface area contributed by atoms with Crippen LogP contribution in [-0.2, 0) is 11.3 Å². The Hall–Kier alpha value is -2.97. The van der Waals surface area contributed by atoms with Crippen LogP contribution >= 0.6 is 0 Å². The van der Waals surface area contributed by atoms with Gasteiger partial charge in [0.05, 0.1) is 29.4 Å². The first-order chi connectivity index (χ1) is 15.1. The first-order valence-corrected chi connectivity index (χ1v) is 10.8. The van der Waals surface area contributed by atoms with Gasteiger partial charge in [-0.15, -0.1) is 0 Å². The van der Waals surface area contributed by atoms with Gasteiger partial charge in [-0.2, -0.15) is 0 Å². The van der Waals surface area contributed by atoms with Crippen molar-refractivity contribution < 1.29 is 14.5 Å². The van der Waals surface area contributed by atoms with Crippen LogP contribution in [0.3, 0.4) is 0 Å². The number of piperidine rings is 1. The summed E-state index contributed by atoms with van der Waals surface area (Å²) < 4.78 is 5.38. The summed E-state index contributed by atoms with van der Waals surface area (Å²) in [5.41, 5.74) is 2.86. The Labute approximate surface area is 181 Å². The average Bonchev–Trinajstić information content (AvgIpc) is 2.81. The molecule has 0 spiro atoms. The third-order valence-corrected chi connectivity index (χ3v) is 5.85. The summed E-state index contributed by atoms with van der Waals surface area (Å²) in [5.74, 6) is -0.329. The Morgan fingerprint density at radius 2 is 1.71 bits per heavy atom. The topological polar surface area (TPSA) is 88.0 Å². The zero-order chi connectivity index (χ0) is 21.6. The number of hydrogen-bond donors (Lipinski definition) is 1. The number of benzene rings is 2. The van der Waals surface area contributed by atoms with E-state index in [2.05, 4.69) is 15.1 Å². The van der Waals surface area contributed by atoms with Crippen molar-refractivity contribution in [3.05, 3.63) is 63.7 Å². The molecule has 2 saturated heterocycles.